The van der Waals surface area contributed by atoms with Crippen molar-refractivity contribution in [1.82, 2.24) is 25.0 Å². The number of piperazine rings is 1. The zero-order chi connectivity index (χ0) is 18.7. The summed E-state index contributed by atoms with van der Waals surface area (Å²) in [5.74, 6) is 2.11. The van der Waals surface area contributed by atoms with Gasteiger partial charge >= 0.3 is 0 Å². The summed E-state index contributed by atoms with van der Waals surface area (Å²) in [5.41, 5.74) is 1.70. The molecule has 1 amide bonds. The number of anilines is 1. The van der Waals surface area contributed by atoms with Gasteiger partial charge in [-0.1, -0.05) is 0 Å². The molecule has 0 saturated carbocycles. The lowest BCUT2D eigenvalue weighted by molar-refractivity contribution is -0.120. The highest BCUT2D eigenvalue weighted by Crippen LogP contribution is 2.16. The van der Waals surface area contributed by atoms with Crippen LogP contribution in [0.3, 0.4) is 0 Å². The van der Waals surface area contributed by atoms with Crippen LogP contribution in [-0.2, 0) is 18.4 Å². The van der Waals surface area contributed by atoms with Gasteiger partial charge in [0.2, 0.25) is 11.8 Å². The van der Waals surface area contributed by atoms with Crippen molar-refractivity contribution in [2.75, 3.05) is 31.1 Å². The summed E-state index contributed by atoms with van der Waals surface area (Å²) in [4.78, 5) is 25.2. The summed E-state index contributed by atoms with van der Waals surface area (Å²) in [5, 5.41) is 7.38. The number of oxazole rings is 1. The van der Waals surface area contributed by atoms with E-state index in [9.17, 15) is 4.79 Å². The second kappa shape index (κ2) is 9.20. The molecule has 2 aromatic rings. The number of nitrogens with zero attached hydrogens (tertiary/aromatic N) is 6. The molecule has 0 aromatic carbocycles. The first-order chi connectivity index (χ1) is 12.5. The molecule has 0 radical (unpaired) electrons. The summed E-state index contributed by atoms with van der Waals surface area (Å²) < 4.78 is 7.27. The lowest BCUT2D eigenvalue weighted by atomic mass is 10.3. The number of aromatic nitrogens is 3. The Morgan fingerprint density at radius 1 is 1.37 bits per heavy atom. The zero-order valence-electron chi connectivity index (χ0n) is 16.1. The molecule has 1 saturated heterocycles. The van der Waals surface area contributed by atoms with E-state index in [1.54, 1.807) is 15.8 Å². The first kappa shape index (κ1) is 21.2. The third kappa shape index (κ3) is 4.99. The molecule has 1 aliphatic heterocycles. The van der Waals surface area contributed by atoms with Crippen LogP contribution in [0.2, 0.25) is 0 Å². The van der Waals surface area contributed by atoms with Crippen molar-refractivity contribution in [2.45, 2.75) is 27.3 Å². The van der Waals surface area contributed by atoms with Gasteiger partial charge < -0.3 is 19.5 Å². The largest absolute Gasteiger partial charge is 0.444 e. The minimum absolute atomic E-state index is 0. The Kier molecular flexibility index (Phi) is 7.22. The van der Waals surface area contributed by atoms with Gasteiger partial charge in [-0.05, 0) is 20.8 Å². The Bertz CT molecular complexity index is 795. The number of nitrogens with one attached hydrogen (secondary N) is 1. The topological polar surface area (TPSA) is 91.8 Å². The molecule has 0 unspecified atom stereocenters. The van der Waals surface area contributed by atoms with E-state index in [1.165, 1.54) is 0 Å². The maximum absolute atomic E-state index is 12.6. The quantitative estimate of drug-likeness (QED) is 0.399. The number of carbonyl (C=O) groups excluding carboxylic acids is 1. The maximum Gasteiger partial charge on any atom is 0.246 e. The molecule has 0 bridgehead atoms. The summed E-state index contributed by atoms with van der Waals surface area (Å²) >= 11 is 0. The van der Waals surface area contributed by atoms with Gasteiger partial charge in [0.1, 0.15) is 18.8 Å². The highest BCUT2D eigenvalue weighted by atomic mass is 127. The van der Waals surface area contributed by atoms with Crippen LogP contribution >= 0.6 is 24.0 Å². The van der Waals surface area contributed by atoms with Crippen molar-refractivity contribution in [3.63, 3.8) is 0 Å². The van der Waals surface area contributed by atoms with Crippen LogP contribution in [0.1, 0.15) is 24.3 Å². The van der Waals surface area contributed by atoms with Crippen LogP contribution in [0.25, 0.3) is 0 Å². The second-order valence-corrected chi connectivity index (χ2v) is 6.26. The van der Waals surface area contributed by atoms with Gasteiger partial charge in [0.15, 0.2) is 5.96 Å². The monoisotopic (exact) mass is 487 g/mol. The number of guanidine groups is 1. The molecule has 1 aliphatic rings. The fraction of sp³-hybridized carbons (Fsp3) is 0.529. The molecule has 0 aliphatic carbocycles. The van der Waals surface area contributed by atoms with Gasteiger partial charge in [0.25, 0.3) is 0 Å². The average Bonchev–Trinajstić information content (AvgIpc) is 3.17. The summed E-state index contributed by atoms with van der Waals surface area (Å²) in [6.45, 7) is 8.41. The number of amides is 1. The van der Waals surface area contributed by atoms with Crippen LogP contribution < -0.4 is 10.2 Å². The Balaban J connectivity index is 0.00000261. The lowest BCUT2D eigenvalue weighted by Crippen LogP contribution is -2.55. The number of rotatable bonds is 4. The molecule has 3 heterocycles. The molecular weight excluding hydrogens is 461 g/mol. The van der Waals surface area contributed by atoms with Crippen LogP contribution in [0.5, 0.6) is 0 Å². The molecule has 1 fully saturated rings. The van der Waals surface area contributed by atoms with Crippen molar-refractivity contribution in [3.8, 4) is 0 Å². The third-order valence-corrected chi connectivity index (χ3v) is 4.29. The van der Waals surface area contributed by atoms with Crippen molar-refractivity contribution in [1.29, 1.82) is 0 Å². The molecule has 1 N–H and O–H groups in total. The number of hydrogen-bond donors (Lipinski definition) is 1. The zero-order valence-corrected chi connectivity index (χ0v) is 18.4. The minimum Gasteiger partial charge on any atom is -0.444 e. The van der Waals surface area contributed by atoms with Gasteiger partial charge in [-0.2, -0.15) is 5.10 Å². The number of aryl methyl sites for hydroxylation is 3. The van der Waals surface area contributed by atoms with Crippen LogP contribution in [-0.4, -0.2) is 57.7 Å². The Morgan fingerprint density at radius 2 is 2.15 bits per heavy atom. The standard InChI is InChI=1S/C17H25N7O2.HI/c1-5-18-17(19-9-15-21-12(2)13(3)26-15)23-6-7-24(16(25)11-23)14-8-20-22(4)10-14;/h8,10H,5-7,9,11H2,1-4H3,(H,18,19);1H. The minimum atomic E-state index is 0. The normalized spacial score (nSPS) is 15.1. The maximum atomic E-state index is 12.6. The predicted octanol–water partition coefficient (Wildman–Crippen LogP) is 1.46. The second-order valence-electron chi connectivity index (χ2n) is 6.26. The predicted molar refractivity (Wildman–Crippen MR) is 113 cm³/mol. The van der Waals surface area contributed by atoms with Crippen molar-refractivity contribution < 1.29 is 9.21 Å². The van der Waals surface area contributed by atoms with Crippen LogP contribution in [0.4, 0.5) is 5.69 Å². The number of carbonyl (C=O) groups is 1. The van der Waals surface area contributed by atoms with Crippen LogP contribution in [0, 0.1) is 13.8 Å². The lowest BCUT2D eigenvalue weighted by Gasteiger charge is -2.35. The molecule has 3 rings (SSSR count). The smallest absolute Gasteiger partial charge is 0.246 e. The van der Waals surface area contributed by atoms with Gasteiger partial charge in [-0.15, -0.1) is 24.0 Å². The van der Waals surface area contributed by atoms with E-state index in [-0.39, 0.29) is 36.4 Å². The third-order valence-electron chi connectivity index (χ3n) is 4.29. The van der Waals surface area contributed by atoms with E-state index in [0.717, 1.165) is 23.7 Å². The van der Waals surface area contributed by atoms with Gasteiger partial charge in [-0.25, -0.2) is 9.98 Å². The van der Waals surface area contributed by atoms with E-state index < -0.39 is 0 Å². The Morgan fingerprint density at radius 3 is 2.70 bits per heavy atom. The molecule has 10 heteroatoms. The molecule has 9 nitrogen and oxygen atoms in total. The van der Waals surface area contributed by atoms with E-state index in [4.69, 9.17) is 4.42 Å². The van der Waals surface area contributed by atoms with Crippen LogP contribution in [0.15, 0.2) is 21.8 Å². The summed E-state index contributed by atoms with van der Waals surface area (Å²) in [6, 6.07) is 0. The first-order valence-electron chi connectivity index (χ1n) is 8.73. The van der Waals surface area contributed by atoms with Gasteiger partial charge in [0, 0.05) is 32.9 Å². The van der Waals surface area contributed by atoms with E-state index in [0.29, 0.717) is 31.5 Å². The van der Waals surface area contributed by atoms with Crippen molar-refractivity contribution >= 4 is 41.5 Å². The van der Waals surface area contributed by atoms with E-state index in [2.05, 4.69) is 20.4 Å². The number of hydrogen-bond acceptors (Lipinski definition) is 5. The molecule has 27 heavy (non-hydrogen) atoms. The van der Waals surface area contributed by atoms with Gasteiger partial charge in [0.05, 0.1) is 17.6 Å². The SMILES string of the molecule is CCNC(=NCc1nc(C)c(C)o1)N1CCN(c2cnn(C)c2)C(=O)C1.I. The highest BCUT2D eigenvalue weighted by Gasteiger charge is 2.27. The van der Waals surface area contributed by atoms with Crippen molar-refractivity contribution in [2.24, 2.45) is 12.0 Å². The van der Waals surface area contributed by atoms with Gasteiger partial charge in [-0.3, -0.25) is 9.48 Å². The molecule has 2 aromatic heterocycles. The molecule has 148 valence electrons. The van der Waals surface area contributed by atoms with Crippen molar-refractivity contribution in [3.05, 3.63) is 29.7 Å². The highest BCUT2D eigenvalue weighted by molar-refractivity contribution is 14.0. The van der Waals surface area contributed by atoms with E-state index >= 15 is 0 Å². The number of halogens is 1. The summed E-state index contributed by atoms with van der Waals surface area (Å²) in [7, 11) is 1.84. The molecule has 0 spiro atoms. The Hall–Kier alpha value is -2.11. The fourth-order valence-electron chi connectivity index (χ4n) is 2.85. The van der Waals surface area contributed by atoms with E-state index in [1.807, 2.05) is 38.9 Å². The number of aliphatic imine (C=N–C) groups is 1. The average molecular weight is 487 g/mol. The Labute approximate surface area is 175 Å². The fourth-order valence-corrected chi connectivity index (χ4v) is 2.85. The molecular formula is C17H26IN7O2. The summed E-state index contributed by atoms with van der Waals surface area (Å²) in [6.07, 6.45) is 3.56. The first-order valence-corrected chi connectivity index (χ1v) is 8.73. The molecule has 0 atom stereocenters.